The van der Waals surface area contributed by atoms with Crippen molar-refractivity contribution in [1.82, 2.24) is 0 Å². The van der Waals surface area contributed by atoms with Crippen LogP contribution in [0, 0.1) is 7.14 Å². The van der Waals surface area contributed by atoms with E-state index in [1.807, 2.05) is 12.1 Å². The minimum absolute atomic E-state index is 0.739. The van der Waals surface area contributed by atoms with E-state index in [1.54, 1.807) is 7.11 Å². The highest BCUT2D eigenvalue weighted by Crippen LogP contribution is 2.28. The average Bonchev–Trinajstić information content (AvgIpc) is 1.97. The quantitative estimate of drug-likeness (QED) is 0.523. The van der Waals surface area contributed by atoms with Crippen molar-refractivity contribution < 1.29 is 4.74 Å². The van der Waals surface area contributed by atoms with Gasteiger partial charge in [-0.1, -0.05) is 11.6 Å². The van der Waals surface area contributed by atoms with E-state index in [0.717, 1.165) is 17.9 Å². The number of rotatable bonds is 1. The first-order valence-corrected chi connectivity index (χ1v) is 5.37. The van der Waals surface area contributed by atoms with Crippen LogP contribution in [0.5, 0.6) is 5.75 Å². The molecule has 11 heavy (non-hydrogen) atoms. The molecule has 1 aromatic carbocycles. The summed E-state index contributed by atoms with van der Waals surface area (Å²) < 4.78 is 7.22. The molecule has 4 heteroatoms. The van der Waals surface area contributed by atoms with Gasteiger partial charge in [-0.25, -0.2) is 0 Å². The number of hydrogen-bond donors (Lipinski definition) is 0. The normalized spacial score (nSPS) is 9.82. The summed E-state index contributed by atoms with van der Waals surface area (Å²) in [4.78, 5) is 0. The monoisotopic (exact) mass is 394 g/mol. The van der Waals surface area contributed by atoms with Gasteiger partial charge in [0.15, 0.2) is 0 Å². The van der Waals surface area contributed by atoms with Gasteiger partial charge in [-0.15, -0.1) is 0 Å². The van der Waals surface area contributed by atoms with Crippen molar-refractivity contribution in [2.75, 3.05) is 7.11 Å². The number of ether oxygens (including phenoxy) is 1. The highest BCUT2D eigenvalue weighted by atomic mass is 127. The maximum absolute atomic E-state index is 5.87. The third-order valence-corrected chi connectivity index (χ3v) is 3.56. The van der Waals surface area contributed by atoms with E-state index in [9.17, 15) is 0 Å². The maximum atomic E-state index is 5.87. The van der Waals surface area contributed by atoms with E-state index in [2.05, 4.69) is 45.2 Å². The fourth-order valence-corrected chi connectivity index (χ4v) is 2.56. The van der Waals surface area contributed by atoms with Crippen molar-refractivity contribution in [3.63, 3.8) is 0 Å². The fraction of sp³-hybridized carbons (Fsp3) is 0.143. The first-order valence-electron chi connectivity index (χ1n) is 2.83. The largest absolute Gasteiger partial charge is 0.496 e. The van der Waals surface area contributed by atoms with Crippen LogP contribution in [0.1, 0.15) is 0 Å². The molecule has 0 fully saturated rings. The van der Waals surface area contributed by atoms with Crippen LogP contribution in [0.4, 0.5) is 0 Å². The van der Waals surface area contributed by atoms with Crippen molar-refractivity contribution in [2.24, 2.45) is 0 Å². The van der Waals surface area contributed by atoms with E-state index in [-0.39, 0.29) is 0 Å². The van der Waals surface area contributed by atoms with Crippen LogP contribution in [0.15, 0.2) is 12.1 Å². The lowest BCUT2D eigenvalue weighted by atomic mass is 10.3. The molecule has 0 N–H and O–H groups in total. The number of methoxy groups -OCH3 is 1. The van der Waals surface area contributed by atoms with Crippen LogP contribution < -0.4 is 4.74 Å². The molecule has 0 aromatic heterocycles. The third-order valence-electron chi connectivity index (χ3n) is 1.19. The SMILES string of the molecule is COc1cc(Cl)c(I)cc1I. The Labute approximate surface area is 97.7 Å². The molecule has 1 aromatic rings. The van der Waals surface area contributed by atoms with Crippen molar-refractivity contribution >= 4 is 56.8 Å². The Morgan fingerprint density at radius 2 is 1.91 bits per heavy atom. The Balaban J connectivity index is 3.21. The molecule has 0 unspecified atom stereocenters. The lowest BCUT2D eigenvalue weighted by molar-refractivity contribution is 0.412. The number of benzene rings is 1. The van der Waals surface area contributed by atoms with Crippen molar-refractivity contribution in [3.05, 3.63) is 24.3 Å². The Bertz CT molecular complexity index is 275. The number of halogens is 3. The van der Waals surface area contributed by atoms with Crippen LogP contribution in [-0.4, -0.2) is 7.11 Å². The van der Waals surface area contributed by atoms with E-state index in [1.165, 1.54) is 0 Å². The maximum Gasteiger partial charge on any atom is 0.133 e. The van der Waals surface area contributed by atoms with Crippen LogP contribution in [0.25, 0.3) is 0 Å². The standard InChI is InChI=1S/C7H5ClI2O/c1-11-7-2-4(8)5(9)3-6(7)10/h2-3H,1H3. The van der Waals surface area contributed by atoms with Gasteiger partial charge in [0, 0.05) is 9.64 Å². The molecule has 0 radical (unpaired) electrons. The fourth-order valence-electron chi connectivity index (χ4n) is 0.661. The highest BCUT2D eigenvalue weighted by Gasteiger charge is 2.03. The third kappa shape index (κ3) is 2.35. The second-order valence-electron chi connectivity index (χ2n) is 1.90. The molecule has 0 saturated heterocycles. The molecule has 0 spiro atoms. The summed E-state index contributed by atoms with van der Waals surface area (Å²) in [6, 6.07) is 3.81. The summed E-state index contributed by atoms with van der Waals surface area (Å²) in [5, 5.41) is 0.739. The van der Waals surface area contributed by atoms with Crippen LogP contribution in [-0.2, 0) is 0 Å². The molecular formula is C7H5ClI2O. The molecule has 0 aliphatic heterocycles. The van der Waals surface area contributed by atoms with Crippen molar-refractivity contribution in [3.8, 4) is 5.75 Å². The first kappa shape index (κ1) is 9.85. The summed E-state index contributed by atoms with van der Waals surface area (Å²) >= 11 is 10.3. The average molecular weight is 394 g/mol. The Morgan fingerprint density at radius 3 is 2.45 bits per heavy atom. The molecule has 1 nitrogen and oxygen atoms in total. The predicted octanol–water partition coefficient (Wildman–Crippen LogP) is 3.56. The van der Waals surface area contributed by atoms with Crippen LogP contribution in [0.3, 0.4) is 0 Å². The Kier molecular flexibility index (Phi) is 3.70. The minimum Gasteiger partial charge on any atom is -0.496 e. The topological polar surface area (TPSA) is 9.23 Å². The van der Waals surface area contributed by atoms with Gasteiger partial charge in [0.25, 0.3) is 0 Å². The number of hydrogen-bond acceptors (Lipinski definition) is 1. The molecule has 0 aliphatic carbocycles. The molecule has 60 valence electrons. The summed E-state index contributed by atoms with van der Waals surface area (Å²) in [5.74, 6) is 0.830. The van der Waals surface area contributed by atoms with Crippen LogP contribution in [0.2, 0.25) is 5.02 Å². The van der Waals surface area contributed by atoms with Gasteiger partial charge in [-0.3, -0.25) is 0 Å². The smallest absolute Gasteiger partial charge is 0.133 e. The zero-order valence-corrected chi connectivity index (χ0v) is 10.8. The second kappa shape index (κ2) is 4.13. The predicted molar refractivity (Wildman–Crippen MR) is 63.4 cm³/mol. The van der Waals surface area contributed by atoms with Gasteiger partial charge in [-0.05, 0) is 51.2 Å². The Morgan fingerprint density at radius 1 is 1.27 bits per heavy atom. The van der Waals surface area contributed by atoms with Crippen LogP contribution >= 0.6 is 56.8 Å². The van der Waals surface area contributed by atoms with Gasteiger partial charge in [0.05, 0.1) is 15.7 Å². The zero-order valence-electron chi connectivity index (χ0n) is 5.70. The van der Waals surface area contributed by atoms with Gasteiger partial charge < -0.3 is 4.74 Å². The molecule has 0 bridgehead atoms. The van der Waals surface area contributed by atoms with E-state index >= 15 is 0 Å². The van der Waals surface area contributed by atoms with Crippen molar-refractivity contribution in [1.29, 1.82) is 0 Å². The van der Waals surface area contributed by atoms with Gasteiger partial charge in [0.1, 0.15) is 5.75 Å². The molecule has 0 heterocycles. The highest BCUT2D eigenvalue weighted by molar-refractivity contribution is 14.1. The van der Waals surface area contributed by atoms with E-state index in [4.69, 9.17) is 16.3 Å². The lowest BCUT2D eigenvalue weighted by Crippen LogP contribution is -1.87. The van der Waals surface area contributed by atoms with E-state index in [0.29, 0.717) is 0 Å². The van der Waals surface area contributed by atoms with Crippen molar-refractivity contribution in [2.45, 2.75) is 0 Å². The van der Waals surface area contributed by atoms with Gasteiger partial charge in [0.2, 0.25) is 0 Å². The second-order valence-corrected chi connectivity index (χ2v) is 4.63. The molecule has 0 saturated carbocycles. The Hall–Kier alpha value is 0.770. The molecular weight excluding hydrogens is 389 g/mol. The summed E-state index contributed by atoms with van der Waals surface area (Å²) in [5.41, 5.74) is 0. The summed E-state index contributed by atoms with van der Waals surface area (Å²) in [7, 11) is 1.64. The molecule has 0 atom stereocenters. The molecule has 0 amide bonds. The molecule has 0 aliphatic rings. The lowest BCUT2D eigenvalue weighted by Gasteiger charge is -2.04. The van der Waals surface area contributed by atoms with Gasteiger partial charge >= 0.3 is 0 Å². The minimum atomic E-state index is 0.739. The first-order chi connectivity index (χ1) is 5.15. The molecule has 1 rings (SSSR count). The van der Waals surface area contributed by atoms with E-state index < -0.39 is 0 Å². The van der Waals surface area contributed by atoms with Gasteiger partial charge in [-0.2, -0.15) is 0 Å². The zero-order chi connectivity index (χ0) is 8.43. The summed E-state index contributed by atoms with van der Waals surface area (Å²) in [6.45, 7) is 0. The summed E-state index contributed by atoms with van der Waals surface area (Å²) in [6.07, 6.45) is 0.